The van der Waals surface area contributed by atoms with Gasteiger partial charge in [-0.05, 0) is 56.6 Å². The molecular formula is C17H24BNO3. The largest absolute Gasteiger partial charge is 0.490 e. The molecule has 1 amide bonds. The molecule has 0 spiro atoms. The number of carbonyl (C=O) groups is 1. The summed E-state index contributed by atoms with van der Waals surface area (Å²) in [6.45, 7) is 4.29. The van der Waals surface area contributed by atoms with Crippen molar-refractivity contribution in [2.24, 2.45) is 0 Å². The number of rotatable bonds is 4. The van der Waals surface area contributed by atoms with Crippen LogP contribution in [0.25, 0.3) is 0 Å². The van der Waals surface area contributed by atoms with Crippen LogP contribution in [0.3, 0.4) is 0 Å². The molecule has 1 aromatic carbocycles. The molecule has 1 aromatic rings. The number of amides is 1. The van der Waals surface area contributed by atoms with E-state index >= 15 is 0 Å². The zero-order valence-electron chi connectivity index (χ0n) is 13.4. The van der Waals surface area contributed by atoms with Gasteiger partial charge in [-0.15, -0.1) is 0 Å². The Morgan fingerprint density at radius 2 is 2.05 bits per heavy atom. The fraction of sp³-hybridized carbons (Fsp3) is 0.588. The zero-order chi connectivity index (χ0) is 15.7. The van der Waals surface area contributed by atoms with Crippen LogP contribution in [0.4, 0.5) is 0 Å². The number of benzene rings is 1. The summed E-state index contributed by atoms with van der Waals surface area (Å²) < 4.78 is 6.16. The maximum absolute atomic E-state index is 12.0. The molecule has 3 rings (SSSR count). The fourth-order valence-corrected chi connectivity index (χ4v) is 3.50. The molecule has 1 unspecified atom stereocenters. The van der Waals surface area contributed by atoms with Crippen LogP contribution >= 0.6 is 0 Å². The van der Waals surface area contributed by atoms with Gasteiger partial charge in [0.1, 0.15) is 5.75 Å². The molecule has 4 nitrogen and oxygen atoms in total. The van der Waals surface area contributed by atoms with Gasteiger partial charge in [0.15, 0.2) is 0 Å². The van der Waals surface area contributed by atoms with Gasteiger partial charge in [-0.3, -0.25) is 4.79 Å². The van der Waals surface area contributed by atoms with Crippen molar-refractivity contribution in [3.05, 3.63) is 29.3 Å². The lowest BCUT2D eigenvalue weighted by molar-refractivity contribution is -0.124. The minimum atomic E-state index is -0.711. The zero-order valence-corrected chi connectivity index (χ0v) is 13.4. The van der Waals surface area contributed by atoms with Gasteiger partial charge in [0.05, 0.1) is 6.10 Å². The van der Waals surface area contributed by atoms with Gasteiger partial charge in [-0.2, -0.15) is 0 Å². The number of nitrogens with zero attached hydrogens (tertiary/aromatic N) is 1. The van der Waals surface area contributed by atoms with Crippen LogP contribution in [0.2, 0.25) is 6.82 Å². The Hall–Kier alpha value is -1.49. The van der Waals surface area contributed by atoms with Crippen molar-refractivity contribution < 1.29 is 14.6 Å². The normalized spacial score (nSPS) is 22.4. The molecule has 2 fully saturated rings. The summed E-state index contributed by atoms with van der Waals surface area (Å²) in [6, 6.07) is 6.26. The van der Waals surface area contributed by atoms with Crippen LogP contribution in [0.15, 0.2) is 18.2 Å². The molecule has 5 heteroatoms. The number of hydrogen-bond acceptors (Lipinski definition) is 3. The first-order valence-corrected chi connectivity index (χ1v) is 8.29. The highest BCUT2D eigenvalue weighted by Crippen LogP contribution is 2.33. The number of aryl methyl sites for hydroxylation is 1. The molecule has 1 aliphatic heterocycles. The first-order valence-electron chi connectivity index (χ1n) is 8.29. The molecule has 1 saturated heterocycles. The monoisotopic (exact) mass is 301 g/mol. The Morgan fingerprint density at radius 1 is 1.32 bits per heavy atom. The van der Waals surface area contributed by atoms with Crippen LogP contribution in [-0.4, -0.2) is 35.4 Å². The van der Waals surface area contributed by atoms with Gasteiger partial charge in [0.25, 0.3) is 0 Å². The van der Waals surface area contributed by atoms with Crippen molar-refractivity contribution >= 4 is 13.0 Å². The van der Waals surface area contributed by atoms with E-state index in [2.05, 4.69) is 25.1 Å². The van der Waals surface area contributed by atoms with Crippen LogP contribution < -0.4 is 4.74 Å². The summed E-state index contributed by atoms with van der Waals surface area (Å²) in [7, 11) is -0.711. The van der Waals surface area contributed by atoms with E-state index in [9.17, 15) is 9.82 Å². The molecule has 118 valence electrons. The van der Waals surface area contributed by atoms with E-state index in [0.717, 1.165) is 29.7 Å². The second-order valence-corrected chi connectivity index (χ2v) is 6.63. The van der Waals surface area contributed by atoms with Crippen molar-refractivity contribution in [3.8, 4) is 5.75 Å². The minimum Gasteiger partial charge on any atom is -0.490 e. The summed E-state index contributed by atoms with van der Waals surface area (Å²) in [6.07, 6.45) is 5.60. The molecule has 1 aliphatic carbocycles. The van der Waals surface area contributed by atoms with E-state index in [1.165, 1.54) is 12.8 Å². The van der Waals surface area contributed by atoms with Crippen molar-refractivity contribution in [2.75, 3.05) is 6.54 Å². The summed E-state index contributed by atoms with van der Waals surface area (Å²) in [5.74, 6) is 1.12. The summed E-state index contributed by atoms with van der Waals surface area (Å²) in [4.78, 5) is 13.5. The molecular weight excluding hydrogens is 277 g/mol. The Morgan fingerprint density at radius 3 is 2.68 bits per heavy atom. The number of ether oxygens (including phenoxy) is 1. The first kappa shape index (κ1) is 15.4. The van der Waals surface area contributed by atoms with Crippen molar-refractivity contribution in [1.29, 1.82) is 0 Å². The van der Waals surface area contributed by atoms with Gasteiger partial charge >= 0.3 is 7.05 Å². The molecule has 2 aliphatic rings. The lowest BCUT2D eigenvalue weighted by atomic mass is 9.85. The summed E-state index contributed by atoms with van der Waals surface area (Å²) in [5, 5.41) is 9.66. The lowest BCUT2D eigenvalue weighted by Gasteiger charge is -2.19. The molecule has 0 bridgehead atoms. The topological polar surface area (TPSA) is 49.8 Å². The van der Waals surface area contributed by atoms with Gasteiger partial charge in [0.2, 0.25) is 5.91 Å². The van der Waals surface area contributed by atoms with Crippen LogP contribution in [0, 0.1) is 6.92 Å². The number of carbonyl (C=O) groups excluding carboxylic acids is 1. The summed E-state index contributed by atoms with van der Waals surface area (Å²) >= 11 is 0. The smallest absolute Gasteiger partial charge is 0.411 e. The third kappa shape index (κ3) is 3.14. The molecule has 1 heterocycles. The lowest BCUT2D eigenvalue weighted by Crippen LogP contribution is -2.38. The maximum atomic E-state index is 12.0. The van der Waals surface area contributed by atoms with E-state index in [1.807, 2.05) is 0 Å². The Labute approximate surface area is 132 Å². The fourth-order valence-electron chi connectivity index (χ4n) is 3.50. The molecule has 1 atom stereocenters. The number of hydrogen-bond donors (Lipinski definition) is 1. The van der Waals surface area contributed by atoms with Gasteiger partial charge in [0, 0.05) is 18.9 Å². The highest BCUT2D eigenvalue weighted by molar-refractivity contribution is 6.49. The quantitative estimate of drug-likeness (QED) is 0.870. The maximum Gasteiger partial charge on any atom is 0.411 e. The third-order valence-electron chi connectivity index (χ3n) is 4.89. The van der Waals surface area contributed by atoms with Gasteiger partial charge in [-0.1, -0.05) is 12.1 Å². The van der Waals surface area contributed by atoms with Crippen LogP contribution in [0.1, 0.15) is 49.1 Å². The predicted molar refractivity (Wildman–Crippen MR) is 87.0 cm³/mol. The average molecular weight is 301 g/mol. The van der Waals surface area contributed by atoms with Crippen molar-refractivity contribution in [2.45, 2.75) is 57.9 Å². The Bertz CT molecular complexity index is 555. The predicted octanol–water partition coefficient (Wildman–Crippen LogP) is 2.74. The molecule has 1 N–H and O–H groups in total. The Balaban J connectivity index is 1.75. The van der Waals surface area contributed by atoms with Crippen molar-refractivity contribution in [3.63, 3.8) is 0 Å². The standard InChI is InChI=1S/C17H24BNO3/c1-12-7-8-13(9-16(12)22-15-5-3-4-6-15)14-10-17(20)19(11-14)18(2)21/h7-9,14-15,21H,3-6,10-11H2,1-2H3. The van der Waals surface area contributed by atoms with E-state index in [-0.39, 0.29) is 11.8 Å². The summed E-state index contributed by atoms with van der Waals surface area (Å²) in [5.41, 5.74) is 2.28. The van der Waals surface area contributed by atoms with Crippen LogP contribution in [0.5, 0.6) is 5.75 Å². The molecule has 1 saturated carbocycles. The minimum absolute atomic E-state index is 0.0267. The van der Waals surface area contributed by atoms with Crippen molar-refractivity contribution in [1.82, 2.24) is 4.81 Å². The van der Waals surface area contributed by atoms with E-state index in [0.29, 0.717) is 19.1 Å². The third-order valence-corrected chi connectivity index (χ3v) is 4.89. The SMILES string of the molecule is CB(O)N1CC(c2ccc(C)c(OC3CCCC3)c2)CC1=O. The Kier molecular flexibility index (Phi) is 4.43. The molecule has 22 heavy (non-hydrogen) atoms. The highest BCUT2D eigenvalue weighted by atomic mass is 16.5. The second kappa shape index (κ2) is 6.33. The molecule has 0 aromatic heterocycles. The van der Waals surface area contributed by atoms with Gasteiger partial charge in [-0.25, -0.2) is 0 Å². The van der Waals surface area contributed by atoms with E-state index < -0.39 is 7.05 Å². The van der Waals surface area contributed by atoms with Crippen LogP contribution in [-0.2, 0) is 4.79 Å². The first-order chi connectivity index (χ1) is 10.5. The van der Waals surface area contributed by atoms with E-state index in [4.69, 9.17) is 4.74 Å². The van der Waals surface area contributed by atoms with Gasteiger partial charge < -0.3 is 14.6 Å². The second-order valence-electron chi connectivity index (χ2n) is 6.63. The molecule has 0 radical (unpaired) electrons. The highest BCUT2D eigenvalue weighted by Gasteiger charge is 2.34. The average Bonchev–Trinajstić information content (AvgIpc) is 3.10. The van der Waals surface area contributed by atoms with E-state index in [1.54, 1.807) is 11.6 Å².